The van der Waals surface area contributed by atoms with Crippen LogP contribution in [-0.4, -0.2) is 13.2 Å². The summed E-state index contributed by atoms with van der Waals surface area (Å²) in [6.07, 6.45) is 5.01. The van der Waals surface area contributed by atoms with Crippen molar-refractivity contribution in [2.24, 2.45) is 5.41 Å². The molecule has 0 aromatic heterocycles. The number of methoxy groups -OCH3 is 1. The van der Waals surface area contributed by atoms with Crippen molar-refractivity contribution < 1.29 is 9.13 Å². The second-order valence-electron chi connectivity index (χ2n) is 6.31. The summed E-state index contributed by atoms with van der Waals surface area (Å²) in [5, 5.41) is 3.55. The van der Waals surface area contributed by atoms with Crippen molar-refractivity contribution in [1.29, 1.82) is 0 Å². The summed E-state index contributed by atoms with van der Waals surface area (Å²) in [6.45, 7) is 5.38. The summed E-state index contributed by atoms with van der Waals surface area (Å²) in [4.78, 5) is 0. The third kappa shape index (κ3) is 3.93. The molecule has 0 spiro atoms. The topological polar surface area (TPSA) is 21.3 Å². The van der Waals surface area contributed by atoms with Gasteiger partial charge in [0.1, 0.15) is 0 Å². The Morgan fingerprint density at radius 2 is 2.21 bits per heavy atom. The first kappa shape index (κ1) is 14.3. The van der Waals surface area contributed by atoms with Crippen LogP contribution in [0, 0.1) is 11.2 Å². The first-order valence-corrected chi connectivity index (χ1v) is 7.06. The fourth-order valence-corrected chi connectivity index (χ4v) is 2.95. The van der Waals surface area contributed by atoms with E-state index in [-0.39, 0.29) is 5.82 Å². The van der Waals surface area contributed by atoms with Crippen LogP contribution in [0.4, 0.5) is 4.39 Å². The minimum Gasteiger partial charge on any atom is -0.494 e. The Balaban J connectivity index is 1.90. The third-order valence-electron chi connectivity index (χ3n) is 4.02. The Morgan fingerprint density at radius 1 is 1.42 bits per heavy atom. The zero-order valence-electron chi connectivity index (χ0n) is 12.1. The van der Waals surface area contributed by atoms with E-state index in [9.17, 15) is 4.39 Å². The molecule has 0 amide bonds. The van der Waals surface area contributed by atoms with Crippen molar-refractivity contribution in [3.63, 3.8) is 0 Å². The highest BCUT2D eigenvalue weighted by molar-refractivity contribution is 5.29. The van der Waals surface area contributed by atoms with Crippen LogP contribution in [0.1, 0.15) is 45.1 Å². The van der Waals surface area contributed by atoms with E-state index in [0.29, 0.717) is 17.2 Å². The molecular formula is C16H24FNO. The van der Waals surface area contributed by atoms with Gasteiger partial charge in [-0.1, -0.05) is 26.3 Å². The lowest BCUT2D eigenvalue weighted by molar-refractivity contribution is 0.197. The lowest BCUT2D eigenvalue weighted by Gasteiger charge is -2.35. The van der Waals surface area contributed by atoms with E-state index in [0.717, 1.165) is 12.1 Å². The Hall–Kier alpha value is -1.09. The van der Waals surface area contributed by atoms with Gasteiger partial charge < -0.3 is 10.1 Å². The highest BCUT2D eigenvalue weighted by Crippen LogP contribution is 2.35. The normalized spacial score (nSPS) is 22.2. The van der Waals surface area contributed by atoms with Gasteiger partial charge in [0.05, 0.1) is 7.11 Å². The van der Waals surface area contributed by atoms with Crippen molar-refractivity contribution in [3.8, 4) is 5.75 Å². The molecule has 1 aliphatic rings. The average Bonchev–Trinajstić information content (AvgIpc) is 2.35. The predicted octanol–water partition coefficient (Wildman–Crippen LogP) is 3.89. The molecule has 0 heterocycles. The Labute approximate surface area is 115 Å². The van der Waals surface area contributed by atoms with E-state index in [2.05, 4.69) is 19.2 Å². The van der Waals surface area contributed by atoms with Gasteiger partial charge in [0.2, 0.25) is 0 Å². The van der Waals surface area contributed by atoms with Crippen molar-refractivity contribution in [2.75, 3.05) is 7.11 Å². The van der Waals surface area contributed by atoms with Crippen LogP contribution in [-0.2, 0) is 6.54 Å². The van der Waals surface area contributed by atoms with Gasteiger partial charge in [-0.3, -0.25) is 0 Å². The van der Waals surface area contributed by atoms with Gasteiger partial charge in [0.25, 0.3) is 0 Å². The van der Waals surface area contributed by atoms with E-state index in [1.54, 1.807) is 12.1 Å². The lowest BCUT2D eigenvalue weighted by atomic mass is 9.75. The van der Waals surface area contributed by atoms with Crippen LogP contribution in [0.5, 0.6) is 5.75 Å². The molecule has 1 aliphatic carbocycles. The molecular weight excluding hydrogens is 241 g/mol. The summed E-state index contributed by atoms with van der Waals surface area (Å²) in [5.41, 5.74) is 1.41. The van der Waals surface area contributed by atoms with E-state index in [4.69, 9.17) is 4.74 Å². The van der Waals surface area contributed by atoms with Crippen LogP contribution in [0.15, 0.2) is 18.2 Å². The monoisotopic (exact) mass is 265 g/mol. The summed E-state index contributed by atoms with van der Waals surface area (Å²) < 4.78 is 18.5. The molecule has 2 nitrogen and oxygen atoms in total. The molecule has 2 rings (SSSR count). The van der Waals surface area contributed by atoms with Crippen LogP contribution >= 0.6 is 0 Å². The molecule has 0 saturated heterocycles. The molecule has 0 bridgehead atoms. The van der Waals surface area contributed by atoms with E-state index >= 15 is 0 Å². The van der Waals surface area contributed by atoms with Crippen molar-refractivity contribution in [2.45, 2.75) is 52.1 Å². The minimum absolute atomic E-state index is 0.286. The van der Waals surface area contributed by atoms with Gasteiger partial charge in [-0.2, -0.15) is 0 Å². The molecule has 19 heavy (non-hydrogen) atoms. The van der Waals surface area contributed by atoms with E-state index in [1.165, 1.54) is 32.8 Å². The zero-order chi connectivity index (χ0) is 13.9. The van der Waals surface area contributed by atoms with Crippen LogP contribution in [0.3, 0.4) is 0 Å². The zero-order valence-corrected chi connectivity index (χ0v) is 12.1. The molecule has 0 radical (unpaired) electrons. The molecule has 1 atom stereocenters. The number of halogens is 1. The van der Waals surface area contributed by atoms with Gasteiger partial charge >= 0.3 is 0 Å². The maximum absolute atomic E-state index is 13.6. The first-order valence-electron chi connectivity index (χ1n) is 7.06. The van der Waals surface area contributed by atoms with E-state index < -0.39 is 0 Å². The van der Waals surface area contributed by atoms with Gasteiger partial charge in [-0.05, 0) is 42.4 Å². The molecule has 1 saturated carbocycles. The number of rotatable bonds is 4. The quantitative estimate of drug-likeness (QED) is 0.891. The second-order valence-corrected chi connectivity index (χ2v) is 6.31. The molecule has 0 aliphatic heterocycles. The standard InChI is InChI=1S/C16H24FNO/c1-16(2)8-4-5-13(10-16)18-11-12-6-7-15(19-3)14(17)9-12/h6-7,9,13,18H,4-5,8,10-11H2,1-3H3. The van der Waals surface area contributed by atoms with Crippen LogP contribution in [0.2, 0.25) is 0 Å². The summed E-state index contributed by atoms with van der Waals surface area (Å²) >= 11 is 0. The largest absolute Gasteiger partial charge is 0.494 e. The minimum atomic E-state index is -0.286. The average molecular weight is 265 g/mol. The van der Waals surface area contributed by atoms with Crippen molar-refractivity contribution >= 4 is 0 Å². The highest BCUT2D eigenvalue weighted by Gasteiger charge is 2.27. The lowest BCUT2D eigenvalue weighted by Crippen LogP contribution is -2.36. The molecule has 1 fully saturated rings. The summed E-state index contributed by atoms with van der Waals surface area (Å²) in [7, 11) is 1.49. The first-order chi connectivity index (χ1) is 9.00. The number of hydrogen-bond acceptors (Lipinski definition) is 2. The fourth-order valence-electron chi connectivity index (χ4n) is 2.95. The molecule has 1 N–H and O–H groups in total. The number of nitrogens with one attached hydrogen (secondary N) is 1. The van der Waals surface area contributed by atoms with Gasteiger partial charge in [0, 0.05) is 12.6 Å². The van der Waals surface area contributed by atoms with Gasteiger partial charge in [0.15, 0.2) is 11.6 Å². The Kier molecular flexibility index (Phi) is 4.46. The predicted molar refractivity (Wildman–Crippen MR) is 75.8 cm³/mol. The van der Waals surface area contributed by atoms with Gasteiger partial charge in [-0.15, -0.1) is 0 Å². The molecule has 1 aromatic rings. The smallest absolute Gasteiger partial charge is 0.165 e. The molecule has 1 unspecified atom stereocenters. The number of hydrogen-bond donors (Lipinski definition) is 1. The Bertz CT molecular complexity index is 431. The van der Waals surface area contributed by atoms with Crippen LogP contribution < -0.4 is 10.1 Å². The SMILES string of the molecule is COc1ccc(CNC2CCCC(C)(C)C2)cc1F. The van der Waals surface area contributed by atoms with Crippen molar-refractivity contribution in [1.82, 2.24) is 5.32 Å². The van der Waals surface area contributed by atoms with Gasteiger partial charge in [-0.25, -0.2) is 4.39 Å². The maximum atomic E-state index is 13.6. The fraction of sp³-hybridized carbons (Fsp3) is 0.625. The maximum Gasteiger partial charge on any atom is 0.165 e. The van der Waals surface area contributed by atoms with Crippen LogP contribution in [0.25, 0.3) is 0 Å². The number of benzene rings is 1. The molecule has 106 valence electrons. The highest BCUT2D eigenvalue weighted by atomic mass is 19.1. The summed E-state index contributed by atoms with van der Waals surface area (Å²) in [6, 6.07) is 5.72. The van der Waals surface area contributed by atoms with Crippen molar-refractivity contribution in [3.05, 3.63) is 29.6 Å². The summed E-state index contributed by atoms with van der Waals surface area (Å²) in [5.74, 6) is 0.0216. The van der Waals surface area contributed by atoms with E-state index in [1.807, 2.05) is 6.07 Å². The second kappa shape index (κ2) is 5.91. The Morgan fingerprint density at radius 3 is 2.84 bits per heavy atom. The molecule has 1 aromatic carbocycles. The third-order valence-corrected chi connectivity index (χ3v) is 4.02. The molecule has 3 heteroatoms. The number of ether oxygens (including phenoxy) is 1.